The van der Waals surface area contributed by atoms with Crippen LogP contribution in [0.1, 0.15) is 48.3 Å². The van der Waals surface area contributed by atoms with Crippen molar-refractivity contribution < 1.29 is 19.0 Å². The first-order valence-corrected chi connectivity index (χ1v) is 11.3. The van der Waals surface area contributed by atoms with Crippen LogP contribution in [0.25, 0.3) is 0 Å². The lowest BCUT2D eigenvalue weighted by Crippen LogP contribution is -2.31. The van der Waals surface area contributed by atoms with E-state index in [9.17, 15) is 9.59 Å². The van der Waals surface area contributed by atoms with Gasteiger partial charge in [-0.1, -0.05) is 18.2 Å². The molecule has 3 N–H and O–H groups in total. The highest BCUT2D eigenvalue weighted by Crippen LogP contribution is 2.47. The van der Waals surface area contributed by atoms with Gasteiger partial charge in [-0.05, 0) is 54.7 Å². The molecule has 0 amide bonds. The van der Waals surface area contributed by atoms with Crippen molar-refractivity contribution in [3.63, 3.8) is 0 Å². The number of benzene rings is 2. The Morgan fingerprint density at radius 3 is 2.35 bits per heavy atom. The number of carbonyl (C=O) groups excluding carboxylic acids is 1. The fourth-order valence-corrected chi connectivity index (χ4v) is 5.02. The summed E-state index contributed by atoms with van der Waals surface area (Å²) in [6.07, 6.45) is 0.984. The molecule has 1 aromatic heterocycles. The lowest BCUT2D eigenvalue weighted by molar-refractivity contribution is -0.116. The van der Waals surface area contributed by atoms with Gasteiger partial charge in [0.15, 0.2) is 17.3 Å². The first-order chi connectivity index (χ1) is 16.5. The maximum atomic E-state index is 13.6. The van der Waals surface area contributed by atoms with Crippen LogP contribution >= 0.6 is 0 Å². The molecule has 2 aliphatic rings. The zero-order valence-corrected chi connectivity index (χ0v) is 19.4. The van der Waals surface area contributed by atoms with Gasteiger partial charge in [0.2, 0.25) is 0 Å². The molecule has 2 aromatic carbocycles. The van der Waals surface area contributed by atoms with E-state index in [1.165, 1.54) is 0 Å². The number of hydrogen-bond donors (Lipinski definition) is 3. The van der Waals surface area contributed by atoms with Gasteiger partial charge in [0, 0.05) is 23.6 Å². The van der Waals surface area contributed by atoms with Gasteiger partial charge in [0.25, 0.3) is 5.56 Å². The zero-order chi connectivity index (χ0) is 23.8. The molecule has 2 heterocycles. The van der Waals surface area contributed by atoms with Gasteiger partial charge in [0.1, 0.15) is 11.6 Å². The third-order valence-corrected chi connectivity index (χ3v) is 6.58. The van der Waals surface area contributed by atoms with Crippen molar-refractivity contribution in [2.24, 2.45) is 0 Å². The highest BCUT2D eigenvalue weighted by atomic mass is 16.5. The molecule has 1 aliphatic heterocycles. The molecule has 0 radical (unpaired) electrons. The van der Waals surface area contributed by atoms with Crippen LogP contribution in [0.4, 0.5) is 5.82 Å². The third-order valence-electron chi connectivity index (χ3n) is 6.58. The van der Waals surface area contributed by atoms with Gasteiger partial charge in [-0.2, -0.15) is 0 Å². The van der Waals surface area contributed by atoms with Crippen molar-refractivity contribution in [1.29, 1.82) is 0 Å². The Balaban J connectivity index is 1.55. The summed E-state index contributed by atoms with van der Waals surface area (Å²) < 4.78 is 16.4. The number of Topliss-reactive ketones (excluding diaryl/α,β-unsaturated/α-hetero) is 1. The number of ketones is 1. The lowest BCUT2D eigenvalue weighted by atomic mass is 9.73. The number of hydrogen-bond acceptors (Lipinski definition) is 6. The Morgan fingerprint density at radius 2 is 1.65 bits per heavy atom. The first kappa shape index (κ1) is 21.9. The average molecular weight is 462 g/mol. The highest BCUT2D eigenvalue weighted by molar-refractivity contribution is 6.01. The van der Waals surface area contributed by atoms with E-state index in [-0.39, 0.29) is 17.3 Å². The number of allylic oxidation sites excluding steroid dienone is 2. The van der Waals surface area contributed by atoms with E-state index in [2.05, 4.69) is 15.5 Å². The van der Waals surface area contributed by atoms with Crippen LogP contribution in [0.15, 0.2) is 58.5 Å². The summed E-state index contributed by atoms with van der Waals surface area (Å²) in [5, 5.41) is 8.93. The van der Waals surface area contributed by atoms with Crippen molar-refractivity contribution in [3.05, 3.63) is 80.8 Å². The second-order valence-corrected chi connectivity index (χ2v) is 8.46. The van der Waals surface area contributed by atoms with Crippen molar-refractivity contribution in [3.8, 4) is 17.2 Å². The van der Waals surface area contributed by atoms with E-state index in [1.807, 2.05) is 49.4 Å². The Morgan fingerprint density at radius 1 is 0.912 bits per heavy atom. The number of carbonyl (C=O) groups is 1. The quantitative estimate of drug-likeness (QED) is 0.511. The average Bonchev–Trinajstić information content (AvgIpc) is 3.23. The van der Waals surface area contributed by atoms with Gasteiger partial charge in [0.05, 0.1) is 26.4 Å². The largest absolute Gasteiger partial charge is 0.494 e. The summed E-state index contributed by atoms with van der Waals surface area (Å²) in [6, 6.07) is 13.4. The fraction of sp³-hybridized carbons (Fsp3) is 0.308. The minimum atomic E-state index is -0.448. The van der Waals surface area contributed by atoms with E-state index in [1.54, 1.807) is 14.2 Å². The molecule has 8 nitrogen and oxygen atoms in total. The van der Waals surface area contributed by atoms with Crippen LogP contribution in [0.2, 0.25) is 0 Å². The molecule has 8 heteroatoms. The molecule has 2 atom stereocenters. The van der Waals surface area contributed by atoms with Crippen molar-refractivity contribution in [2.75, 3.05) is 26.1 Å². The monoisotopic (exact) mass is 461 g/mol. The van der Waals surface area contributed by atoms with Gasteiger partial charge in [-0.3, -0.25) is 19.8 Å². The molecule has 0 saturated carbocycles. The maximum absolute atomic E-state index is 13.6. The molecule has 0 bridgehead atoms. The van der Waals surface area contributed by atoms with Crippen LogP contribution in [-0.2, 0) is 4.79 Å². The number of H-pyrrole nitrogens is 2. The molecule has 0 saturated heterocycles. The number of ether oxygens (including phenoxy) is 3. The second-order valence-electron chi connectivity index (χ2n) is 8.46. The SMILES string of the molecule is CCOc1ccc([C@H]2C3=C(C[C@H](c4ccc(OC)c(OC)c4)CC3=O)Nc3[nH][nH]c(=O)c32)cc1. The molecule has 5 rings (SSSR count). The lowest BCUT2D eigenvalue weighted by Gasteiger charge is -2.34. The topological polar surface area (TPSA) is 105 Å². The van der Waals surface area contributed by atoms with Crippen molar-refractivity contribution in [1.82, 2.24) is 10.2 Å². The number of nitrogens with one attached hydrogen (secondary N) is 3. The number of rotatable bonds is 6. The number of anilines is 1. The van der Waals surface area contributed by atoms with E-state index in [0.717, 1.165) is 22.6 Å². The molecule has 1 aliphatic carbocycles. The molecule has 34 heavy (non-hydrogen) atoms. The van der Waals surface area contributed by atoms with Crippen LogP contribution < -0.4 is 25.1 Å². The van der Waals surface area contributed by atoms with E-state index in [0.29, 0.717) is 47.9 Å². The molecule has 0 unspecified atom stereocenters. The Kier molecular flexibility index (Phi) is 5.65. The predicted molar refractivity (Wildman–Crippen MR) is 128 cm³/mol. The Labute approximate surface area is 196 Å². The normalized spacial score (nSPS) is 19.2. The van der Waals surface area contributed by atoms with E-state index < -0.39 is 5.92 Å². The molecule has 0 fully saturated rings. The summed E-state index contributed by atoms with van der Waals surface area (Å²) in [5.74, 6) is 2.19. The minimum absolute atomic E-state index is 0.0215. The van der Waals surface area contributed by atoms with Crippen molar-refractivity contribution >= 4 is 11.6 Å². The standard InChI is InChI=1S/C26H27N3O5/c1-4-34-17-8-5-14(6-9-17)22-23-18(27-25-24(22)26(31)29-28-25)11-16(12-19(23)30)15-7-10-20(32-2)21(13-15)33-3/h5-10,13,16,22H,4,11-12H2,1-3H3,(H3,27,28,29,31)/t16-,22-/m0/s1. The Hall–Kier alpha value is -3.94. The van der Waals surface area contributed by atoms with Gasteiger partial charge < -0.3 is 19.5 Å². The van der Waals surface area contributed by atoms with Gasteiger partial charge in [-0.15, -0.1) is 0 Å². The van der Waals surface area contributed by atoms with Crippen LogP contribution in [-0.4, -0.2) is 36.8 Å². The molecular formula is C26H27N3O5. The van der Waals surface area contributed by atoms with Crippen LogP contribution in [0, 0.1) is 0 Å². The maximum Gasteiger partial charge on any atom is 0.270 e. The summed E-state index contributed by atoms with van der Waals surface area (Å²) in [4.78, 5) is 26.3. The summed E-state index contributed by atoms with van der Waals surface area (Å²) >= 11 is 0. The van der Waals surface area contributed by atoms with Crippen LogP contribution in [0.5, 0.6) is 17.2 Å². The van der Waals surface area contributed by atoms with E-state index in [4.69, 9.17) is 14.2 Å². The van der Waals surface area contributed by atoms with E-state index >= 15 is 0 Å². The smallest absolute Gasteiger partial charge is 0.270 e. The number of fused-ring (bicyclic) bond motifs is 1. The zero-order valence-electron chi connectivity index (χ0n) is 19.4. The Bertz CT molecular complexity index is 1320. The number of methoxy groups -OCH3 is 2. The third kappa shape index (κ3) is 3.65. The molecule has 0 spiro atoms. The van der Waals surface area contributed by atoms with Crippen molar-refractivity contribution in [2.45, 2.75) is 31.6 Å². The molecule has 3 aromatic rings. The first-order valence-electron chi connectivity index (χ1n) is 11.3. The number of aromatic amines is 2. The van der Waals surface area contributed by atoms with Crippen LogP contribution in [0.3, 0.4) is 0 Å². The number of aromatic nitrogens is 2. The van der Waals surface area contributed by atoms with Gasteiger partial charge >= 0.3 is 0 Å². The highest BCUT2D eigenvalue weighted by Gasteiger charge is 2.40. The minimum Gasteiger partial charge on any atom is -0.494 e. The summed E-state index contributed by atoms with van der Waals surface area (Å²) in [7, 11) is 3.20. The summed E-state index contributed by atoms with van der Waals surface area (Å²) in [5.41, 5.74) is 3.66. The fourth-order valence-electron chi connectivity index (χ4n) is 5.02. The second kappa shape index (κ2) is 8.78. The van der Waals surface area contributed by atoms with Gasteiger partial charge in [-0.25, -0.2) is 0 Å². The predicted octanol–water partition coefficient (Wildman–Crippen LogP) is 4.08. The molecule has 176 valence electrons. The molecular weight excluding hydrogens is 434 g/mol. The summed E-state index contributed by atoms with van der Waals surface area (Å²) in [6.45, 7) is 2.50.